The fraction of sp³-hybridized carbons (Fsp3) is 0.250. The number of aromatic nitrogens is 1. The van der Waals surface area contributed by atoms with Gasteiger partial charge in [-0.25, -0.2) is 0 Å². The number of halogens is 2. The second-order valence-electron chi connectivity index (χ2n) is 6.88. The minimum Gasteiger partial charge on any atom is -0.465 e. The second kappa shape index (κ2) is 9.96. The quantitative estimate of drug-likeness (QED) is 0.310. The Hall–Kier alpha value is -2.56. The third-order valence-electron chi connectivity index (χ3n) is 4.94. The van der Waals surface area contributed by atoms with Gasteiger partial charge in [0, 0.05) is 22.8 Å². The molecule has 0 N–H and O–H groups in total. The zero-order valence-electron chi connectivity index (χ0n) is 16.9. The highest BCUT2D eigenvalue weighted by atomic mass is 35.5. The van der Waals surface area contributed by atoms with Crippen LogP contribution >= 0.6 is 23.2 Å². The summed E-state index contributed by atoms with van der Waals surface area (Å²) in [5.74, 6) is -0.982. The minimum atomic E-state index is -0.462. The maximum absolute atomic E-state index is 13.3. The number of rotatable bonds is 8. The van der Waals surface area contributed by atoms with Crippen LogP contribution in [0.4, 0.5) is 0 Å². The van der Waals surface area contributed by atoms with Gasteiger partial charge in [0.25, 0.3) is 0 Å². The second-order valence-corrected chi connectivity index (χ2v) is 7.72. The van der Waals surface area contributed by atoms with Crippen molar-refractivity contribution in [3.05, 3.63) is 93.2 Å². The van der Waals surface area contributed by atoms with Gasteiger partial charge in [-0.3, -0.25) is 9.59 Å². The molecule has 6 heteroatoms. The number of carbonyl (C=O) groups is 2. The molecule has 1 aromatic heterocycles. The van der Waals surface area contributed by atoms with E-state index < -0.39 is 5.92 Å². The number of ether oxygens (including phenoxy) is 1. The molecule has 1 unspecified atom stereocenters. The number of hydrogen-bond acceptors (Lipinski definition) is 3. The van der Waals surface area contributed by atoms with E-state index in [1.807, 2.05) is 47.9 Å². The van der Waals surface area contributed by atoms with Crippen molar-refractivity contribution >= 4 is 35.0 Å². The number of benzene rings is 2. The van der Waals surface area contributed by atoms with E-state index in [0.29, 0.717) is 40.9 Å². The van der Waals surface area contributed by atoms with E-state index >= 15 is 0 Å². The smallest absolute Gasteiger partial charge is 0.314 e. The molecule has 0 radical (unpaired) electrons. The van der Waals surface area contributed by atoms with Crippen LogP contribution in [0, 0.1) is 0 Å². The molecular weight excluding hydrogens is 421 g/mol. The number of nitrogens with zero attached hydrogens (tertiary/aromatic N) is 1. The van der Waals surface area contributed by atoms with Gasteiger partial charge in [0.2, 0.25) is 5.78 Å². The van der Waals surface area contributed by atoms with Crippen molar-refractivity contribution < 1.29 is 14.3 Å². The summed E-state index contributed by atoms with van der Waals surface area (Å²) in [6.07, 6.45) is 0.562. The molecule has 3 rings (SSSR count). The Morgan fingerprint density at radius 3 is 2.37 bits per heavy atom. The molecule has 0 bridgehead atoms. The molecule has 0 amide bonds. The lowest BCUT2D eigenvalue weighted by Crippen LogP contribution is -2.21. The summed E-state index contributed by atoms with van der Waals surface area (Å²) in [6, 6.07) is 18.2. The van der Waals surface area contributed by atoms with Crippen molar-refractivity contribution in [1.82, 2.24) is 4.57 Å². The summed E-state index contributed by atoms with van der Waals surface area (Å²) in [4.78, 5) is 25.9. The van der Waals surface area contributed by atoms with Crippen LogP contribution in [0.2, 0.25) is 10.0 Å². The van der Waals surface area contributed by atoms with Crippen LogP contribution in [-0.2, 0) is 16.1 Å². The number of carbonyl (C=O) groups excluding carboxylic acids is 2. The van der Waals surface area contributed by atoms with Crippen LogP contribution in [0.1, 0.15) is 53.5 Å². The molecule has 0 aliphatic heterocycles. The highest BCUT2D eigenvalue weighted by Gasteiger charge is 2.27. The first kappa shape index (κ1) is 22.1. The summed E-state index contributed by atoms with van der Waals surface area (Å²) >= 11 is 12.3. The molecule has 3 aromatic rings. The summed E-state index contributed by atoms with van der Waals surface area (Å²) in [5.41, 5.74) is 2.59. The molecule has 0 spiro atoms. The third-order valence-corrected chi connectivity index (χ3v) is 5.49. The lowest BCUT2D eigenvalue weighted by atomic mass is 10.0. The van der Waals surface area contributed by atoms with Crippen LogP contribution in [0.15, 0.2) is 60.7 Å². The monoisotopic (exact) mass is 443 g/mol. The molecule has 156 valence electrons. The average molecular weight is 444 g/mol. The van der Waals surface area contributed by atoms with Crippen molar-refractivity contribution in [2.24, 2.45) is 0 Å². The molecule has 0 aliphatic carbocycles. The summed E-state index contributed by atoms with van der Waals surface area (Å²) in [5, 5.41) is 0.754. The van der Waals surface area contributed by atoms with E-state index in [0.717, 1.165) is 11.3 Å². The Morgan fingerprint density at radius 2 is 1.73 bits per heavy atom. The maximum atomic E-state index is 13.3. The van der Waals surface area contributed by atoms with Crippen molar-refractivity contribution in [3.63, 3.8) is 0 Å². The van der Waals surface area contributed by atoms with Gasteiger partial charge in [0.1, 0.15) is 0 Å². The summed E-state index contributed by atoms with van der Waals surface area (Å²) in [6.45, 7) is 4.47. The first-order chi connectivity index (χ1) is 14.5. The molecule has 2 aromatic carbocycles. The number of hydrogen-bond donors (Lipinski definition) is 0. The van der Waals surface area contributed by atoms with Crippen LogP contribution in [-0.4, -0.2) is 22.9 Å². The topological polar surface area (TPSA) is 48.3 Å². The van der Waals surface area contributed by atoms with Gasteiger partial charge < -0.3 is 9.30 Å². The van der Waals surface area contributed by atoms with Crippen LogP contribution in [0.5, 0.6) is 0 Å². The normalized spacial score (nSPS) is 11.9. The zero-order valence-corrected chi connectivity index (χ0v) is 18.4. The van der Waals surface area contributed by atoms with Gasteiger partial charge in [-0.15, -0.1) is 0 Å². The molecule has 0 saturated carbocycles. The molecule has 0 fully saturated rings. The fourth-order valence-electron chi connectivity index (χ4n) is 3.48. The predicted octanol–water partition coefficient (Wildman–Crippen LogP) is 6.13. The Kier molecular flexibility index (Phi) is 7.35. The van der Waals surface area contributed by atoms with E-state index in [1.54, 1.807) is 31.2 Å². The zero-order chi connectivity index (χ0) is 21.7. The standard InChI is InChI=1S/C24H23Cl2NO3/c1-3-18(24(29)30-4-2)21-12-13-22(27(21)15-16-8-6-5-7-9-16)23(28)19-11-10-17(25)14-20(19)26/h5-14,18H,3-4,15H2,1-2H3. The molecule has 30 heavy (non-hydrogen) atoms. The highest BCUT2D eigenvalue weighted by molar-refractivity contribution is 6.37. The van der Waals surface area contributed by atoms with Gasteiger partial charge in [-0.1, -0.05) is 60.5 Å². The van der Waals surface area contributed by atoms with Gasteiger partial charge >= 0.3 is 5.97 Å². The third kappa shape index (κ3) is 4.77. The predicted molar refractivity (Wildman–Crippen MR) is 120 cm³/mol. The largest absolute Gasteiger partial charge is 0.465 e. The first-order valence-electron chi connectivity index (χ1n) is 9.86. The lowest BCUT2D eigenvalue weighted by Gasteiger charge is -2.19. The summed E-state index contributed by atoms with van der Waals surface area (Å²) < 4.78 is 7.15. The summed E-state index contributed by atoms with van der Waals surface area (Å²) in [7, 11) is 0. The SMILES string of the molecule is CCOC(=O)C(CC)c1ccc(C(=O)c2ccc(Cl)cc2Cl)n1Cc1ccccc1. The van der Waals surface area contributed by atoms with Gasteiger partial charge in [0.15, 0.2) is 0 Å². The van der Waals surface area contributed by atoms with Crippen molar-refractivity contribution in [2.45, 2.75) is 32.7 Å². The van der Waals surface area contributed by atoms with E-state index in [2.05, 4.69) is 0 Å². The number of esters is 1. The van der Waals surface area contributed by atoms with Gasteiger partial charge in [0.05, 0.1) is 23.2 Å². The maximum Gasteiger partial charge on any atom is 0.314 e. The highest BCUT2D eigenvalue weighted by Crippen LogP contribution is 2.29. The molecule has 1 atom stereocenters. The Labute approximate surface area is 186 Å². The fourth-order valence-corrected chi connectivity index (χ4v) is 3.97. The molecule has 1 heterocycles. The average Bonchev–Trinajstić information content (AvgIpc) is 3.12. The Morgan fingerprint density at radius 1 is 1.00 bits per heavy atom. The van der Waals surface area contributed by atoms with Crippen molar-refractivity contribution in [1.29, 1.82) is 0 Å². The minimum absolute atomic E-state index is 0.224. The molecule has 0 saturated heterocycles. The van der Waals surface area contributed by atoms with Crippen molar-refractivity contribution in [3.8, 4) is 0 Å². The lowest BCUT2D eigenvalue weighted by molar-refractivity contribution is -0.145. The van der Waals surface area contributed by atoms with Crippen LogP contribution in [0.25, 0.3) is 0 Å². The van der Waals surface area contributed by atoms with E-state index in [4.69, 9.17) is 27.9 Å². The number of ketones is 1. The van der Waals surface area contributed by atoms with E-state index in [9.17, 15) is 9.59 Å². The van der Waals surface area contributed by atoms with E-state index in [-0.39, 0.29) is 11.8 Å². The Bertz CT molecular complexity index is 1040. The molecule has 0 aliphatic rings. The van der Waals surface area contributed by atoms with E-state index in [1.165, 1.54) is 0 Å². The van der Waals surface area contributed by atoms with Crippen LogP contribution < -0.4 is 0 Å². The van der Waals surface area contributed by atoms with Gasteiger partial charge in [-0.05, 0) is 49.2 Å². The molecule has 4 nitrogen and oxygen atoms in total. The van der Waals surface area contributed by atoms with Crippen LogP contribution in [0.3, 0.4) is 0 Å². The van der Waals surface area contributed by atoms with Gasteiger partial charge in [-0.2, -0.15) is 0 Å². The molecular formula is C24H23Cl2NO3. The van der Waals surface area contributed by atoms with Crippen molar-refractivity contribution in [2.75, 3.05) is 6.61 Å². The Balaban J connectivity index is 2.09. The first-order valence-corrected chi connectivity index (χ1v) is 10.6.